The minimum Gasteiger partial charge on any atom is -0.449 e. The van der Waals surface area contributed by atoms with E-state index < -0.39 is 0 Å². The smallest absolute Gasteiger partial charge is 0.415 e. The van der Waals surface area contributed by atoms with Crippen molar-refractivity contribution in [3.8, 4) is 0 Å². The van der Waals surface area contributed by atoms with Gasteiger partial charge in [-0.3, -0.25) is 9.89 Å². The Morgan fingerprint density at radius 1 is 1.44 bits per heavy atom. The Hall–Kier alpha value is -1.49. The van der Waals surface area contributed by atoms with Gasteiger partial charge in [-0.05, 0) is 12.5 Å². The van der Waals surface area contributed by atoms with Crippen LogP contribution >= 0.6 is 11.8 Å². The number of amidine groups is 1. The molecule has 1 aromatic rings. The van der Waals surface area contributed by atoms with Crippen molar-refractivity contribution in [2.24, 2.45) is 4.99 Å². The second-order valence-electron chi connectivity index (χ2n) is 3.79. The maximum absolute atomic E-state index is 11.7. The first-order valence-electron chi connectivity index (χ1n) is 5.96. The van der Waals surface area contributed by atoms with Crippen molar-refractivity contribution < 1.29 is 9.53 Å². The number of rotatable bonds is 3. The second-order valence-corrected chi connectivity index (χ2v) is 4.73. The van der Waals surface area contributed by atoms with E-state index >= 15 is 0 Å². The van der Waals surface area contributed by atoms with Crippen molar-refractivity contribution in [3.05, 3.63) is 35.9 Å². The molecule has 0 aromatic heterocycles. The molecule has 4 nitrogen and oxygen atoms in total. The van der Waals surface area contributed by atoms with E-state index in [-0.39, 0.29) is 6.09 Å². The Bertz CT molecular complexity index is 434. The van der Waals surface area contributed by atoms with E-state index in [1.165, 1.54) is 5.56 Å². The van der Waals surface area contributed by atoms with Crippen LogP contribution in [0.3, 0.4) is 0 Å². The van der Waals surface area contributed by atoms with Gasteiger partial charge in [0.2, 0.25) is 0 Å². The highest BCUT2D eigenvalue weighted by molar-refractivity contribution is 8.13. The Morgan fingerprint density at radius 3 is 2.94 bits per heavy atom. The van der Waals surface area contributed by atoms with Crippen LogP contribution in [-0.4, -0.2) is 35.9 Å². The predicted octanol–water partition coefficient (Wildman–Crippen LogP) is 2.75. The molecule has 0 spiro atoms. The molecule has 1 aliphatic rings. The number of benzene rings is 1. The highest BCUT2D eigenvalue weighted by atomic mass is 32.2. The molecular formula is C13H16N2O2S. The van der Waals surface area contributed by atoms with E-state index in [0.29, 0.717) is 19.7 Å². The summed E-state index contributed by atoms with van der Waals surface area (Å²) < 4.78 is 5.00. The van der Waals surface area contributed by atoms with Gasteiger partial charge < -0.3 is 4.74 Å². The van der Waals surface area contributed by atoms with Crippen molar-refractivity contribution in [2.45, 2.75) is 12.7 Å². The summed E-state index contributed by atoms with van der Waals surface area (Å²) in [6.45, 7) is 3.49. The first kappa shape index (κ1) is 13.0. The number of aliphatic imine (C=N–C) groups is 1. The summed E-state index contributed by atoms with van der Waals surface area (Å²) in [6, 6.07) is 10.1. The molecule has 0 N–H and O–H groups in total. The standard InChI is InChI=1S/C13H16N2O2S/c1-2-17-13(16)15-9-8-14-12(15)18-10-11-6-4-3-5-7-11/h3-7H,2,8-10H2,1H3. The average Bonchev–Trinajstić information content (AvgIpc) is 2.86. The maximum atomic E-state index is 11.7. The average molecular weight is 264 g/mol. The van der Waals surface area contributed by atoms with Crippen LogP contribution in [0.4, 0.5) is 4.79 Å². The lowest BCUT2D eigenvalue weighted by Crippen LogP contribution is -2.33. The van der Waals surface area contributed by atoms with E-state index in [4.69, 9.17) is 4.74 Å². The zero-order chi connectivity index (χ0) is 12.8. The first-order chi connectivity index (χ1) is 8.81. The summed E-state index contributed by atoms with van der Waals surface area (Å²) in [5.74, 6) is 0.815. The summed E-state index contributed by atoms with van der Waals surface area (Å²) >= 11 is 1.57. The second kappa shape index (κ2) is 6.44. The molecule has 0 atom stereocenters. The van der Waals surface area contributed by atoms with Crippen LogP contribution in [0.25, 0.3) is 0 Å². The van der Waals surface area contributed by atoms with Gasteiger partial charge in [0.25, 0.3) is 0 Å². The van der Waals surface area contributed by atoms with Gasteiger partial charge in [-0.25, -0.2) is 4.79 Å². The van der Waals surface area contributed by atoms with Crippen LogP contribution in [0.5, 0.6) is 0 Å². The molecule has 0 unspecified atom stereocenters. The normalized spacial score (nSPS) is 14.5. The van der Waals surface area contributed by atoms with Gasteiger partial charge in [-0.15, -0.1) is 0 Å². The Labute approximate surface area is 111 Å². The van der Waals surface area contributed by atoms with Crippen molar-refractivity contribution >= 4 is 23.0 Å². The quantitative estimate of drug-likeness (QED) is 0.843. The summed E-state index contributed by atoms with van der Waals surface area (Å²) in [4.78, 5) is 17.6. The molecule has 1 aliphatic heterocycles. The fraction of sp³-hybridized carbons (Fsp3) is 0.385. The van der Waals surface area contributed by atoms with Gasteiger partial charge in [0.05, 0.1) is 19.7 Å². The van der Waals surface area contributed by atoms with E-state index in [1.54, 1.807) is 16.7 Å². The fourth-order valence-electron chi connectivity index (χ4n) is 1.64. The maximum Gasteiger partial charge on any atom is 0.415 e. The number of ether oxygens (including phenoxy) is 1. The molecule has 0 bridgehead atoms. The molecule has 0 fully saturated rings. The summed E-state index contributed by atoms with van der Waals surface area (Å²) in [5, 5.41) is 0.761. The van der Waals surface area contributed by atoms with E-state index in [2.05, 4.69) is 17.1 Å². The third-order valence-electron chi connectivity index (χ3n) is 2.50. The highest BCUT2D eigenvalue weighted by Crippen LogP contribution is 2.19. The van der Waals surface area contributed by atoms with Gasteiger partial charge in [0.15, 0.2) is 5.17 Å². The Morgan fingerprint density at radius 2 is 2.22 bits per heavy atom. The lowest BCUT2D eigenvalue weighted by molar-refractivity contribution is 0.131. The van der Waals surface area contributed by atoms with Gasteiger partial charge in [0, 0.05) is 5.75 Å². The van der Waals surface area contributed by atoms with Crippen LogP contribution in [-0.2, 0) is 10.5 Å². The molecule has 1 heterocycles. The molecule has 0 saturated heterocycles. The zero-order valence-corrected chi connectivity index (χ0v) is 11.2. The van der Waals surface area contributed by atoms with E-state index in [1.807, 2.05) is 25.1 Å². The highest BCUT2D eigenvalue weighted by Gasteiger charge is 2.24. The molecule has 1 aromatic carbocycles. The zero-order valence-electron chi connectivity index (χ0n) is 10.3. The number of nitrogens with zero attached hydrogens (tertiary/aromatic N) is 2. The van der Waals surface area contributed by atoms with E-state index in [0.717, 1.165) is 10.9 Å². The minimum atomic E-state index is -0.297. The van der Waals surface area contributed by atoms with Crippen LogP contribution in [0.15, 0.2) is 35.3 Å². The monoisotopic (exact) mass is 264 g/mol. The predicted molar refractivity (Wildman–Crippen MR) is 73.8 cm³/mol. The number of carbonyl (C=O) groups is 1. The SMILES string of the molecule is CCOC(=O)N1CCN=C1SCc1ccccc1. The van der Waals surface area contributed by atoms with Gasteiger partial charge in [0.1, 0.15) is 0 Å². The first-order valence-corrected chi connectivity index (χ1v) is 6.95. The van der Waals surface area contributed by atoms with Crippen LogP contribution in [0, 0.1) is 0 Å². The molecule has 1 amide bonds. The summed E-state index contributed by atoms with van der Waals surface area (Å²) in [7, 11) is 0. The third-order valence-corrected chi connectivity index (χ3v) is 3.59. The number of hydrogen-bond acceptors (Lipinski definition) is 4. The molecule has 96 valence electrons. The molecular weight excluding hydrogens is 248 g/mol. The fourth-order valence-corrected chi connectivity index (χ4v) is 2.64. The molecule has 2 rings (SSSR count). The van der Waals surface area contributed by atoms with Crippen molar-refractivity contribution in [3.63, 3.8) is 0 Å². The molecule has 0 aliphatic carbocycles. The van der Waals surface area contributed by atoms with Crippen LogP contribution in [0.1, 0.15) is 12.5 Å². The van der Waals surface area contributed by atoms with Crippen molar-refractivity contribution in [1.29, 1.82) is 0 Å². The van der Waals surface area contributed by atoms with Gasteiger partial charge in [-0.1, -0.05) is 42.1 Å². The van der Waals surface area contributed by atoms with Crippen molar-refractivity contribution in [1.82, 2.24) is 4.90 Å². The van der Waals surface area contributed by atoms with Gasteiger partial charge in [-0.2, -0.15) is 0 Å². The van der Waals surface area contributed by atoms with Crippen LogP contribution < -0.4 is 0 Å². The molecule has 0 radical (unpaired) electrons. The Kier molecular flexibility index (Phi) is 4.64. The topological polar surface area (TPSA) is 41.9 Å². The molecule has 5 heteroatoms. The molecule has 0 saturated carbocycles. The van der Waals surface area contributed by atoms with Crippen LogP contribution in [0.2, 0.25) is 0 Å². The number of hydrogen-bond donors (Lipinski definition) is 0. The third kappa shape index (κ3) is 3.26. The van der Waals surface area contributed by atoms with E-state index in [9.17, 15) is 4.79 Å². The van der Waals surface area contributed by atoms with Crippen molar-refractivity contribution in [2.75, 3.05) is 19.7 Å². The number of amides is 1. The number of thioether (sulfide) groups is 1. The summed E-state index contributed by atoms with van der Waals surface area (Å²) in [5.41, 5.74) is 1.22. The van der Waals surface area contributed by atoms with Gasteiger partial charge >= 0.3 is 6.09 Å². The number of carbonyl (C=O) groups excluding carboxylic acids is 1. The summed E-state index contributed by atoms with van der Waals surface area (Å²) in [6.07, 6.45) is -0.297. The lowest BCUT2D eigenvalue weighted by Gasteiger charge is -2.16. The molecule has 18 heavy (non-hydrogen) atoms. The largest absolute Gasteiger partial charge is 0.449 e. The minimum absolute atomic E-state index is 0.297. The Balaban J connectivity index is 1.90. The lowest BCUT2D eigenvalue weighted by atomic mass is 10.2.